The number of nitro groups is 1. The van der Waals surface area contributed by atoms with E-state index in [9.17, 15) is 19.7 Å². The van der Waals surface area contributed by atoms with Crippen LogP contribution < -0.4 is 10.6 Å². The molecule has 0 atom stereocenters. The number of rotatable bonds is 8. The van der Waals surface area contributed by atoms with Crippen molar-refractivity contribution in [2.24, 2.45) is 0 Å². The number of thiophene rings is 1. The van der Waals surface area contributed by atoms with Gasteiger partial charge >= 0.3 is 0 Å². The number of nitro benzene ring substituents is 1. The molecule has 2 amide bonds. The van der Waals surface area contributed by atoms with E-state index in [0.29, 0.717) is 30.1 Å². The van der Waals surface area contributed by atoms with Crippen molar-refractivity contribution >= 4 is 33.8 Å². The van der Waals surface area contributed by atoms with E-state index in [4.69, 9.17) is 4.74 Å². The van der Waals surface area contributed by atoms with E-state index in [1.54, 1.807) is 13.2 Å². The maximum atomic E-state index is 12.9. The Bertz CT molecular complexity index is 925. The highest BCUT2D eigenvalue weighted by atomic mass is 32.1. The molecule has 154 valence electrons. The van der Waals surface area contributed by atoms with Crippen LogP contribution in [0.2, 0.25) is 0 Å². The number of methoxy groups -OCH3 is 1. The number of carbonyl (C=O) groups is 2. The molecule has 29 heavy (non-hydrogen) atoms. The second kappa shape index (κ2) is 9.62. The van der Waals surface area contributed by atoms with E-state index >= 15 is 0 Å². The SMILES string of the molecule is COCCCNC(=O)c1c(NC(=O)c2ccccc2[N+](=O)[O-])sc2c1CCCC2. The molecule has 1 heterocycles. The maximum Gasteiger partial charge on any atom is 0.282 e. The van der Waals surface area contributed by atoms with E-state index in [2.05, 4.69) is 10.6 Å². The molecule has 0 saturated carbocycles. The number of benzene rings is 1. The lowest BCUT2D eigenvalue weighted by Gasteiger charge is -2.13. The Hall–Kier alpha value is -2.78. The molecule has 1 aliphatic carbocycles. The second-order valence-corrected chi connectivity index (χ2v) is 7.85. The first-order valence-electron chi connectivity index (χ1n) is 9.49. The lowest BCUT2D eigenvalue weighted by Crippen LogP contribution is -2.27. The van der Waals surface area contributed by atoms with E-state index in [1.165, 1.54) is 29.5 Å². The highest BCUT2D eigenvalue weighted by Gasteiger charge is 2.28. The van der Waals surface area contributed by atoms with Crippen molar-refractivity contribution in [3.05, 3.63) is 55.9 Å². The molecule has 0 fully saturated rings. The van der Waals surface area contributed by atoms with E-state index in [1.807, 2.05) is 0 Å². The van der Waals surface area contributed by atoms with Gasteiger partial charge in [-0.2, -0.15) is 0 Å². The third-order valence-electron chi connectivity index (χ3n) is 4.78. The van der Waals surface area contributed by atoms with Crippen LogP contribution >= 0.6 is 11.3 Å². The molecule has 1 aromatic carbocycles. The minimum absolute atomic E-state index is 0.0321. The van der Waals surface area contributed by atoms with Crippen LogP contribution in [0.25, 0.3) is 0 Å². The largest absolute Gasteiger partial charge is 0.385 e. The van der Waals surface area contributed by atoms with Crippen LogP contribution in [0.4, 0.5) is 10.7 Å². The van der Waals surface area contributed by atoms with Gasteiger partial charge in [-0.05, 0) is 43.7 Å². The van der Waals surface area contributed by atoms with E-state index in [0.717, 1.165) is 36.1 Å². The van der Waals surface area contributed by atoms with E-state index in [-0.39, 0.29) is 17.2 Å². The van der Waals surface area contributed by atoms with Gasteiger partial charge in [0.2, 0.25) is 0 Å². The molecule has 8 nitrogen and oxygen atoms in total. The number of carbonyl (C=O) groups excluding carboxylic acids is 2. The van der Waals surface area contributed by atoms with Crippen LogP contribution in [-0.2, 0) is 17.6 Å². The van der Waals surface area contributed by atoms with Crippen LogP contribution in [0, 0.1) is 10.1 Å². The Kier molecular flexibility index (Phi) is 6.95. The Balaban J connectivity index is 1.87. The molecule has 9 heteroatoms. The monoisotopic (exact) mass is 417 g/mol. The van der Waals surface area contributed by atoms with Crippen LogP contribution in [-0.4, -0.2) is 37.0 Å². The summed E-state index contributed by atoms with van der Waals surface area (Å²) in [6.45, 7) is 1.01. The molecule has 3 rings (SSSR count). The lowest BCUT2D eigenvalue weighted by atomic mass is 9.95. The summed E-state index contributed by atoms with van der Waals surface area (Å²) in [6.07, 6.45) is 4.37. The number of nitrogens with zero attached hydrogens (tertiary/aromatic N) is 1. The highest BCUT2D eigenvalue weighted by Crippen LogP contribution is 2.38. The summed E-state index contributed by atoms with van der Waals surface area (Å²) in [7, 11) is 1.60. The topological polar surface area (TPSA) is 111 Å². The fraction of sp³-hybridized carbons (Fsp3) is 0.400. The number of anilines is 1. The van der Waals surface area contributed by atoms with Gasteiger partial charge in [-0.3, -0.25) is 19.7 Å². The van der Waals surface area contributed by atoms with Crippen molar-refractivity contribution in [3.8, 4) is 0 Å². The molecule has 1 aromatic heterocycles. The third kappa shape index (κ3) is 4.80. The van der Waals surface area contributed by atoms with Crippen molar-refractivity contribution in [1.82, 2.24) is 5.32 Å². The summed E-state index contributed by atoms with van der Waals surface area (Å²) in [5, 5.41) is 17.3. The van der Waals surface area contributed by atoms with Crippen LogP contribution in [0.1, 0.15) is 50.4 Å². The molecular formula is C20H23N3O5S. The Morgan fingerprint density at radius 1 is 1.21 bits per heavy atom. The molecule has 2 aromatic rings. The zero-order valence-electron chi connectivity index (χ0n) is 16.2. The quantitative estimate of drug-likeness (QED) is 0.388. The van der Waals surface area contributed by atoms with Crippen molar-refractivity contribution < 1.29 is 19.2 Å². The standard InChI is InChI=1S/C20H23N3O5S/c1-28-12-6-11-21-19(25)17-14-8-3-5-10-16(14)29-20(17)22-18(24)13-7-2-4-9-15(13)23(26)27/h2,4,7,9H,3,5-6,8,10-12H2,1H3,(H,21,25)(H,22,24). The van der Waals surface area contributed by atoms with Gasteiger partial charge in [0.1, 0.15) is 10.6 Å². The molecule has 1 aliphatic rings. The Morgan fingerprint density at radius 3 is 2.72 bits per heavy atom. The van der Waals surface area contributed by atoms with Gasteiger partial charge in [-0.1, -0.05) is 12.1 Å². The number of fused-ring (bicyclic) bond motifs is 1. The van der Waals surface area contributed by atoms with Crippen molar-refractivity contribution in [2.45, 2.75) is 32.1 Å². The first kappa shape index (κ1) is 20.9. The predicted octanol–water partition coefficient (Wildman–Crippen LogP) is 3.55. The number of hydrogen-bond acceptors (Lipinski definition) is 6. The zero-order valence-corrected chi connectivity index (χ0v) is 17.0. The van der Waals surface area contributed by atoms with Gasteiger partial charge in [0.15, 0.2) is 0 Å². The second-order valence-electron chi connectivity index (χ2n) is 6.75. The molecular weight excluding hydrogens is 394 g/mol. The maximum absolute atomic E-state index is 12.9. The Morgan fingerprint density at radius 2 is 1.97 bits per heavy atom. The van der Waals surface area contributed by atoms with Gasteiger partial charge in [0.05, 0.1) is 10.5 Å². The summed E-state index contributed by atoms with van der Waals surface area (Å²) in [6, 6.07) is 5.78. The van der Waals surface area contributed by atoms with E-state index < -0.39 is 10.8 Å². The summed E-state index contributed by atoms with van der Waals surface area (Å²) in [5.74, 6) is -0.831. The fourth-order valence-electron chi connectivity index (χ4n) is 3.40. The average Bonchev–Trinajstić information content (AvgIpc) is 3.08. The first-order chi connectivity index (χ1) is 14.0. The van der Waals surface area contributed by atoms with Gasteiger partial charge in [-0.15, -0.1) is 11.3 Å². The number of ether oxygens (including phenoxy) is 1. The highest BCUT2D eigenvalue weighted by molar-refractivity contribution is 7.17. The lowest BCUT2D eigenvalue weighted by molar-refractivity contribution is -0.385. The summed E-state index contributed by atoms with van der Waals surface area (Å²) >= 11 is 1.38. The third-order valence-corrected chi connectivity index (χ3v) is 5.99. The minimum atomic E-state index is -0.593. The van der Waals surface area contributed by atoms with Crippen LogP contribution in [0.3, 0.4) is 0 Å². The minimum Gasteiger partial charge on any atom is -0.385 e. The molecule has 0 unspecified atom stereocenters. The normalized spacial score (nSPS) is 12.9. The molecule has 0 radical (unpaired) electrons. The van der Waals surface area contributed by atoms with Crippen LogP contribution in [0.15, 0.2) is 24.3 Å². The van der Waals surface area contributed by atoms with Gasteiger partial charge in [0.25, 0.3) is 17.5 Å². The van der Waals surface area contributed by atoms with Gasteiger partial charge < -0.3 is 15.4 Å². The van der Waals surface area contributed by atoms with Crippen molar-refractivity contribution in [3.63, 3.8) is 0 Å². The smallest absolute Gasteiger partial charge is 0.282 e. The average molecular weight is 417 g/mol. The van der Waals surface area contributed by atoms with Crippen molar-refractivity contribution in [2.75, 3.05) is 25.6 Å². The molecule has 0 bridgehead atoms. The van der Waals surface area contributed by atoms with Gasteiger partial charge in [-0.25, -0.2) is 0 Å². The molecule has 2 N–H and O–H groups in total. The first-order valence-corrected chi connectivity index (χ1v) is 10.3. The van der Waals surface area contributed by atoms with Crippen molar-refractivity contribution in [1.29, 1.82) is 0 Å². The predicted molar refractivity (Wildman–Crippen MR) is 111 cm³/mol. The molecule has 0 aliphatic heterocycles. The number of aryl methyl sites for hydroxylation is 1. The summed E-state index contributed by atoms with van der Waals surface area (Å²) in [4.78, 5) is 37.4. The summed E-state index contributed by atoms with van der Waals surface area (Å²) in [5.41, 5.74) is 1.16. The fourth-order valence-corrected chi connectivity index (χ4v) is 4.68. The summed E-state index contributed by atoms with van der Waals surface area (Å²) < 4.78 is 5.00. The molecule has 0 spiro atoms. The van der Waals surface area contributed by atoms with Crippen LogP contribution in [0.5, 0.6) is 0 Å². The zero-order chi connectivity index (χ0) is 20.8. The number of amides is 2. The molecule has 0 saturated heterocycles. The number of nitrogens with one attached hydrogen (secondary N) is 2. The van der Waals surface area contributed by atoms with Gasteiger partial charge in [0, 0.05) is 31.2 Å². The number of hydrogen-bond donors (Lipinski definition) is 2. The Labute approximate surface area is 172 Å². The number of para-hydroxylation sites is 1.